The van der Waals surface area contributed by atoms with Crippen LogP contribution in [0.25, 0.3) is 0 Å². The molecule has 0 spiro atoms. The quantitative estimate of drug-likeness (QED) is 0.0153. The summed E-state index contributed by atoms with van der Waals surface area (Å²) in [6.07, 6.45) is -1.86. The number of aliphatic carboxylic acids is 2. The van der Waals surface area contributed by atoms with E-state index in [4.69, 9.17) is 63.1 Å². The Morgan fingerprint density at radius 3 is 0.871 bits per heavy atom. The molecule has 0 aliphatic carbocycles. The van der Waals surface area contributed by atoms with Crippen LogP contribution in [0.5, 0.6) is 0 Å². The van der Waals surface area contributed by atoms with Crippen molar-refractivity contribution in [3.8, 4) is 0 Å². The predicted molar refractivity (Wildman–Crippen MR) is 341 cm³/mol. The first-order chi connectivity index (χ1) is 43.7. The summed E-state index contributed by atoms with van der Waals surface area (Å²) in [5.74, 6) is -13.3. The Hall–Kier alpha value is -9.44. The molecule has 0 unspecified atom stereocenters. The molecule has 40 heteroatoms. The van der Waals surface area contributed by atoms with E-state index in [9.17, 15) is 72.9 Å². The van der Waals surface area contributed by atoms with E-state index in [1.165, 1.54) is 20.8 Å². The van der Waals surface area contributed by atoms with E-state index in [1.807, 2.05) is 0 Å². The highest BCUT2D eigenvalue weighted by molar-refractivity contribution is 5.99. The Bertz CT molecular complexity index is 2560. The van der Waals surface area contributed by atoms with Crippen molar-refractivity contribution in [2.45, 2.75) is 190 Å². The van der Waals surface area contributed by atoms with Crippen molar-refractivity contribution in [1.29, 1.82) is 0 Å². The summed E-state index contributed by atoms with van der Waals surface area (Å²) in [5.41, 5.74) is 61.3. The fourth-order valence-electron chi connectivity index (χ4n) is 8.36. The van der Waals surface area contributed by atoms with E-state index in [0.29, 0.717) is 19.3 Å². The maximum Gasteiger partial charge on any atom is 0.322 e. The van der Waals surface area contributed by atoms with Crippen LogP contribution in [0.15, 0.2) is 20.0 Å². The lowest BCUT2D eigenvalue weighted by Gasteiger charge is -2.28. The molecular weight excluding hydrogens is 1230 g/mol. The molecule has 11 atom stereocenters. The topological polar surface area (TPSA) is 721 Å². The fraction of sp³-hybridized carbons (Fsp3) is 0.698. The van der Waals surface area contributed by atoms with Crippen LogP contribution in [-0.2, 0) is 57.5 Å². The summed E-state index contributed by atoms with van der Waals surface area (Å²) in [6.45, 7) is 3.15. The maximum atomic E-state index is 14.6. The van der Waals surface area contributed by atoms with Gasteiger partial charge in [-0.1, -0.05) is 0 Å². The number of nitrogens with one attached hydrogen (secondary N) is 10. The molecule has 10 amide bonds. The van der Waals surface area contributed by atoms with Crippen molar-refractivity contribution in [2.24, 2.45) is 83.0 Å². The highest BCUT2D eigenvalue weighted by Gasteiger charge is 2.35. The van der Waals surface area contributed by atoms with Crippen LogP contribution >= 0.6 is 0 Å². The number of rotatable bonds is 49. The van der Waals surface area contributed by atoms with Gasteiger partial charge in [-0.3, -0.25) is 77.5 Å². The highest BCUT2D eigenvalue weighted by atomic mass is 16.4. The summed E-state index contributed by atoms with van der Waals surface area (Å²) >= 11 is 0. The molecule has 0 saturated carbocycles. The third-order valence-electron chi connectivity index (χ3n) is 13.5. The third kappa shape index (κ3) is 38.1. The Kier molecular flexibility index (Phi) is 41.9. The van der Waals surface area contributed by atoms with E-state index in [0.717, 1.165) is 0 Å². The van der Waals surface area contributed by atoms with Gasteiger partial charge in [0.05, 0.1) is 6.10 Å². The second-order valence-electron chi connectivity index (χ2n) is 21.6. The predicted octanol–water partition coefficient (Wildman–Crippen LogP) is -10.4. The largest absolute Gasteiger partial charge is 0.481 e. The maximum absolute atomic E-state index is 14.6. The molecule has 528 valence electrons. The van der Waals surface area contributed by atoms with Gasteiger partial charge in [0, 0.05) is 32.6 Å². The van der Waals surface area contributed by atoms with Gasteiger partial charge in [0.2, 0.25) is 59.1 Å². The number of carboxylic acid groups (broad SMARTS) is 2. The van der Waals surface area contributed by atoms with Gasteiger partial charge in [-0.05, 0) is 130 Å². The number of guanidine groups is 4. The molecule has 35 N–H and O–H groups in total. The van der Waals surface area contributed by atoms with Crippen molar-refractivity contribution in [2.75, 3.05) is 45.8 Å². The first-order valence-electron chi connectivity index (χ1n) is 30.2. The number of carbonyl (C=O) groups excluding carboxylic acids is 10. The van der Waals surface area contributed by atoms with E-state index >= 15 is 0 Å². The molecule has 0 aromatic heterocycles. The van der Waals surface area contributed by atoms with Crippen LogP contribution < -0.4 is 116 Å². The van der Waals surface area contributed by atoms with Crippen LogP contribution in [0.4, 0.5) is 0 Å². The number of aliphatic imine (C=N–C) groups is 4. The first-order valence-corrected chi connectivity index (χ1v) is 30.2. The lowest BCUT2D eigenvalue weighted by Crippen LogP contribution is -2.60. The van der Waals surface area contributed by atoms with Gasteiger partial charge >= 0.3 is 11.9 Å². The van der Waals surface area contributed by atoms with E-state index < -0.39 is 157 Å². The molecule has 0 aliphatic heterocycles. The number of carbonyl (C=O) groups is 12. The minimum absolute atomic E-state index is 0.00501. The minimum Gasteiger partial charge on any atom is -0.481 e. The molecule has 93 heavy (non-hydrogen) atoms. The zero-order valence-electron chi connectivity index (χ0n) is 53.0. The average molecular weight is 1330 g/mol. The van der Waals surface area contributed by atoms with Crippen LogP contribution in [0.2, 0.25) is 0 Å². The van der Waals surface area contributed by atoms with Crippen LogP contribution in [0, 0.1) is 0 Å². The zero-order valence-corrected chi connectivity index (χ0v) is 53.0. The number of amides is 10. The van der Waals surface area contributed by atoms with Crippen molar-refractivity contribution >= 4 is 94.8 Å². The van der Waals surface area contributed by atoms with Crippen molar-refractivity contribution in [3.63, 3.8) is 0 Å². The van der Waals surface area contributed by atoms with Gasteiger partial charge < -0.3 is 132 Å². The molecule has 0 bridgehead atoms. The van der Waals surface area contributed by atoms with Crippen molar-refractivity contribution in [3.05, 3.63) is 0 Å². The standard InChI is InChI=1S/C53H101N25O15/c1-27(71-49(93)39(56)29(3)79)40(84)70-28(2)41(85)72-36(18-19-37(80)81)48(92)78-35(17-11-25-68-53(63)64)47(91)77-34(16-10-24-67-52(61)62)46(90)76-33(15-9-23-66-51(59)60)45(89)75-32(13-5-7-21-55)44(88)74-31(12-4-6-20-54)43(87)73-30(14-8-22-65-50(57)58)42(86)69-26-38(82)83/h27-36,39,79H,4-26,54-56H2,1-3H3,(H,69,86)(H,70,84)(H,71,93)(H,72,85)(H,73,87)(H,74,88)(H,75,89)(H,76,90)(H,77,91)(H,78,92)(H,80,81)(H,82,83)(H4,57,58,65)(H4,59,60,66)(H4,61,62,67)(H4,63,64,68)/t27-,28-,29+,30-,31-,32-,33-,34-,35-,36-,39-/m0/s1. The van der Waals surface area contributed by atoms with Gasteiger partial charge in [-0.25, -0.2) is 0 Å². The van der Waals surface area contributed by atoms with Crippen LogP contribution in [0.3, 0.4) is 0 Å². The molecule has 0 aromatic rings. The molecule has 0 aromatic carbocycles. The lowest BCUT2D eigenvalue weighted by molar-refractivity contribution is -0.139. The number of hydrogen-bond donors (Lipinski definition) is 24. The SMILES string of the molecule is C[C@H](NC(=O)[C@H](C)NC(=O)[C@@H](N)[C@@H](C)O)C(=O)N[C@@H](CCC(=O)O)C(=O)N[C@@H](CCCN=C(N)N)C(=O)N[C@@H](CCCN=C(N)N)C(=O)N[C@@H](CCCN=C(N)N)C(=O)N[C@@H](CCCCN)C(=O)N[C@@H](CCCCN)C(=O)N[C@@H](CCCN=C(N)N)C(=O)NCC(=O)O. The van der Waals surface area contributed by atoms with E-state index in [-0.39, 0.29) is 134 Å². The summed E-state index contributed by atoms with van der Waals surface area (Å²) < 4.78 is 0. The number of hydrogen-bond acceptors (Lipinski definition) is 20. The minimum atomic E-state index is -1.68. The lowest BCUT2D eigenvalue weighted by atomic mass is 10.0. The summed E-state index contributed by atoms with van der Waals surface area (Å²) in [7, 11) is 0. The molecule has 0 heterocycles. The Morgan fingerprint density at radius 2 is 0.602 bits per heavy atom. The molecule has 40 nitrogen and oxygen atoms in total. The van der Waals surface area contributed by atoms with Crippen LogP contribution in [0.1, 0.15) is 124 Å². The van der Waals surface area contributed by atoms with E-state index in [1.54, 1.807) is 0 Å². The number of unbranched alkanes of at least 4 members (excludes halogenated alkanes) is 2. The average Bonchev–Trinajstić information content (AvgIpc) is 1.79. The monoisotopic (exact) mass is 1330 g/mol. The van der Waals surface area contributed by atoms with Gasteiger partial charge in [0.15, 0.2) is 23.8 Å². The molecule has 0 aliphatic rings. The van der Waals surface area contributed by atoms with Gasteiger partial charge in [0.1, 0.15) is 67.0 Å². The molecular formula is C53H101N25O15. The number of nitrogens with zero attached hydrogens (tertiary/aromatic N) is 4. The molecule has 0 radical (unpaired) electrons. The smallest absolute Gasteiger partial charge is 0.322 e. The van der Waals surface area contributed by atoms with Gasteiger partial charge in [-0.2, -0.15) is 0 Å². The Balaban J connectivity index is 7.38. The normalized spacial score (nSPS) is 14.4. The van der Waals surface area contributed by atoms with E-state index in [2.05, 4.69) is 73.1 Å². The number of nitrogens with two attached hydrogens (primary N) is 11. The Labute approximate surface area is 538 Å². The third-order valence-corrected chi connectivity index (χ3v) is 13.5. The fourth-order valence-corrected chi connectivity index (χ4v) is 8.36. The van der Waals surface area contributed by atoms with Crippen LogP contribution in [-0.4, -0.2) is 223 Å². The second-order valence-corrected chi connectivity index (χ2v) is 21.6. The molecule has 0 rings (SSSR count). The van der Waals surface area contributed by atoms with Gasteiger partial charge in [-0.15, -0.1) is 0 Å². The summed E-state index contributed by atoms with van der Waals surface area (Å²) in [4.78, 5) is 177. The highest BCUT2D eigenvalue weighted by Crippen LogP contribution is 2.12. The summed E-state index contributed by atoms with van der Waals surface area (Å²) in [6, 6.07) is -14.6. The number of aliphatic hydroxyl groups excluding tert-OH is 1. The molecule has 0 fully saturated rings. The Morgan fingerprint density at radius 1 is 0.344 bits per heavy atom. The first kappa shape index (κ1) is 83.6. The summed E-state index contributed by atoms with van der Waals surface area (Å²) in [5, 5.41) is 53.2. The van der Waals surface area contributed by atoms with Crippen molar-refractivity contribution < 1.29 is 72.9 Å². The second kappa shape index (κ2) is 46.6. The van der Waals surface area contributed by atoms with Crippen molar-refractivity contribution in [1.82, 2.24) is 53.2 Å². The van der Waals surface area contributed by atoms with Gasteiger partial charge in [0.25, 0.3) is 0 Å². The number of carboxylic acids is 2. The number of aliphatic hydroxyl groups is 1. The zero-order chi connectivity index (χ0) is 70.8. The molecule has 0 saturated heterocycles.